The number of benzene rings is 1. The van der Waals surface area contributed by atoms with Gasteiger partial charge in [-0.25, -0.2) is 4.98 Å². The molecule has 0 unspecified atom stereocenters. The van der Waals surface area contributed by atoms with Crippen LogP contribution in [-0.2, 0) is 6.42 Å². The SMILES string of the molecule is O=C1C[C@H](c2cccc(Cl)c2)Cc2nc(Br)sc21. The first-order chi connectivity index (χ1) is 8.63. The number of thiazole rings is 1. The second kappa shape index (κ2) is 4.76. The molecule has 0 amide bonds. The fourth-order valence-corrected chi connectivity index (χ4v) is 3.96. The van der Waals surface area contributed by atoms with E-state index in [9.17, 15) is 4.79 Å². The van der Waals surface area contributed by atoms with Crippen molar-refractivity contribution in [2.45, 2.75) is 18.8 Å². The first-order valence-corrected chi connectivity index (χ1v) is 7.56. The van der Waals surface area contributed by atoms with Crippen LogP contribution < -0.4 is 0 Å². The lowest BCUT2D eigenvalue weighted by molar-refractivity contribution is 0.0968. The molecule has 1 aliphatic carbocycles. The van der Waals surface area contributed by atoms with E-state index in [0.717, 1.165) is 26.5 Å². The topological polar surface area (TPSA) is 30.0 Å². The zero-order chi connectivity index (χ0) is 12.7. The van der Waals surface area contributed by atoms with Gasteiger partial charge >= 0.3 is 0 Å². The summed E-state index contributed by atoms with van der Waals surface area (Å²) in [7, 11) is 0. The van der Waals surface area contributed by atoms with Crippen LogP contribution in [0.3, 0.4) is 0 Å². The number of Topliss-reactive ketones (excluding diaryl/α,β-unsaturated/α-hetero) is 1. The van der Waals surface area contributed by atoms with Gasteiger partial charge in [0.2, 0.25) is 0 Å². The van der Waals surface area contributed by atoms with Crippen LogP contribution in [0.4, 0.5) is 0 Å². The molecule has 0 radical (unpaired) electrons. The number of ketones is 1. The summed E-state index contributed by atoms with van der Waals surface area (Å²) >= 11 is 10.8. The van der Waals surface area contributed by atoms with Gasteiger partial charge in [0.05, 0.1) is 10.6 Å². The third-order valence-corrected chi connectivity index (χ3v) is 4.94. The largest absolute Gasteiger partial charge is 0.293 e. The van der Waals surface area contributed by atoms with Gasteiger partial charge in [0.1, 0.15) is 0 Å². The molecule has 18 heavy (non-hydrogen) atoms. The molecule has 0 saturated carbocycles. The summed E-state index contributed by atoms with van der Waals surface area (Å²) in [5.74, 6) is 0.377. The third-order valence-electron chi connectivity index (χ3n) is 3.12. The van der Waals surface area contributed by atoms with Gasteiger partial charge in [-0.05, 0) is 46.0 Å². The molecule has 1 atom stereocenters. The Hall–Kier alpha value is -0.710. The Morgan fingerprint density at radius 1 is 1.39 bits per heavy atom. The fourth-order valence-electron chi connectivity index (χ4n) is 2.30. The predicted octanol–water partition coefficient (Wildman–Crippen LogP) is 4.47. The number of fused-ring (bicyclic) bond motifs is 1. The molecule has 5 heteroatoms. The molecule has 1 aliphatic rings. The van der Waals surface area contributed by atoms with Crippen LogP contribution in [0.1, 0.15) is 33.3 Å². The third kappa shape index (κ3) is 2.25. The van der Waals surface area contributed by atoms with Crippen molar-refractivity contribution in [2.75, 3.05) is 0 Å². The summed E-state index contributed by atoms with van der Waals surface area (Å²) < 4.78 is 0.785. The normalized spacial score (nSPS) is 18.8. The predicted molar refractivity (Wildman–Crippen MR) is 76.7 cm³/mol. The summed E-state index contributed by atoms with van der Waals surface area (Å²) in [6, 6.07) is 7.73. The number of halogens is 2. The van der Waals surface area contributed by atoms with Gasteiger partial charge in [0.25, 0.3) is 0 Å². The minimum Gasteiger partial charge on any atom is -0.293 e. The first kappa shape index (κ1) is 12.3. The summed E-state index contributed by atoms with van der Waals surface area (Å²) in [5.41, 5.74) is 2.03. The quantitative estimate of drug-likeness (QED) is 0.765. The zero-order valence-corrected chi connectivity index (χ0v) is 12.5. The van der Waals surface area contributed by atoms with Gasteiger partial charge in [0, 0.05) is 11.4 Å². The number of hydrogen-bond acceptors (Lipinski definition) is 3. The van der Waals surface area contributed by atoms with Crippen molar-refractivity contribution in [3.05, 3.63) is 49.3 Å². The number of hydrogen-bond donors (Lipinski definition) is 0. The highest BCUT2D eigenvalue weighted by atomic mass is 79.9. The van der Waals surface area contributed by atoms with Gasteiger partial charge in [-0.2, -0.15) is 0 Å². The minimum atomic E-state index is 0.185. The average Bonchev–Trinajstić information content (AvgIpc) is 2.70. The van der Waals surface area contributed by atoms with Gasteiger partial charge in [0.15, 0.2) is 9.70 Å². The summed E-state index contributed by atoms with van der Waals surface area (Å²) in [5, 5.41) is 0.713. The standard InChI is InChI=1S/C13H9BrClNOS/c14-13-16-10-5-8(6-11(17)12(10)18-13)7-2-1-3-9(15)4-7/h1-4,8H,5-6H2/t8-/m1/s1. The van der Waals surface area contributed by atoms with Gasteiger partial charge in [-0.15, -0.1) is 11.3 Å². The van der Waals surface area contributed by atoms with Crippen molar-refractivity contribution in [2.24, 2.45) is 0 Å². The molecule has 1 heterocycles. The van der Waals surface area contributed by atoms with Crippen LogP contribution in [0, 0.1) is 0 Å². The lowest BCUT2D eigenvalue weighted by atomic mass is 9.85. The number of rotatable bonds is 1. The van der Waals surface area contributed by atoms with E-state index in [1.54, 1.807) is 0 Å². The van der Waals surface area contributed by atoms with Gasteiger partial charge < -0.3 is 0 Å². The Bertz CT molecular complexity index is 625. The lowest BCUT2D eigenvalue weighted by Crippen LogP contribution is -2.17. The van der Waals surface area contributed by atoms with Crippen molar-refractivity contribution >= 4 is 44.7 Å². The number of carbonyl (C=O) groups excluding carboxylic acids is 1. The highest BCUT2D eigenvalue weighted by Crippen LogP contribution is 2.36. The Morgan fingerprint density at radius 2 is 2.22 bits per heavy atom. The molecule has 0 fully saturated rings. The smallest absolute Gasteiger partial charge is 0.175 e. The Balaban J connectivity index is 1.96. The maximum absolute atomic E-state index is 12.1. The number of carbonyl (C=O) groups is 1. The van der Waals surface area contributed by atoms with E-state index in [1.165, 1.54) is 11.3 Å². The van der Waals surface area contributed by atoms with Crippen LogP contribution in [0.2, 0.25) is 5.02 Å². The van der Waals surface area contributed by atoms with Crippen LogP contribution in [0.15, 0.2) is 28.2 Å². The molecule has 1 aromatic heterocycles. The molecule has 2 aromatic rings. The van der Waals surface area contributed by atoms with Crippen LogP contribution in [0.25, 0.3) is 0 Å². The molecule has 0 N–H and O–H groups in total. The van der Waals surface area contributed by atoms with E-state index < -0.39 is 0 Å². The Labute approximate surface area is 122 Å². The number of aromatic nitrogens is 1. The van der Waals surface area contributed by atoms with Crippen molar-refractivity contribution in [1.82, 2.24) is 4.98 Å². The van der Waals surface area contributed by atoms with Crippen molar-refractivity contribution in [3.8, 4) is 0 Å². The Kier molecular flexibility index (Phi) is 3.26. The Morgan fingerprint density at radius 3 is 3.00 bits per heavy atom. The first-order valence-electron chi connectivity index (χ1n) is 5.57. The molecule has 92 valence electrons. The van der Waals surface area contributed by atoms with Crippen LogP contribution in [-0.4, -0.2) is 10.8 Å². The maximum Gasteiger partial charge on any atom is 0.175 e. The molecule has 0 bridgehead atoms. The van der Waals surface area contributed by atoms with Crippen molar-refractivity contribution in [3.63, 3.8) is 0 Å². The minimum absolute atomic E-state index is 0.185. The van der Waals surface area contributed by atoms with E-state index in [1.807, 2.05) is 24.3 Å². The zero-order valence-electron chi connectivity index (χ0n) is 9.32. The van der Waals surface area contributed by atoms with E-state index in [2.05, 4.69) is 20.9 Å². The van der Waals surface area contributed by atoms with E-state index >= 15 is 0 Å². The summed E-state index contributed by atoms with van der Waals surface area (Å²) in [4.78, 5) is 17.3. The van der Waals surface area contributed by atoms with E-state index in [-0.39, 0.29) is 11.7 Å². The maximum atomic E-state index is 12.1. The van der Waals surface area contributed by atoms with E-state index in [0.29, 0.717) is 11.4 Å². The van der Waals surface area contributed by atoms with Crippen LogP contribution >= 0.6 is 38.9 Å². The monoisotopic (exact) mass is 341 g/mol. The lowest BCUT2D eigenvalue weighted by Gasteiger charge is -2.20. The second-order valence-electron chi connectivity index (χ2n) is 4.33. The molecule has 3 rings (SSSR count). The molecular weight excluding hydrogens is 334 g/mol. The van der Waals surface area contributed by atoms with Crippen molar-refractivity contribution in [1.29, 1.82) is 0 Å². The molecule has 0 aliphatic heterocycles. The highest BCUT2D eigenvalue weighted by Gasteiger charge is 2.29. The van der Waals surface area contributed by atoms with Gasteiger partial charge in [-0.3, -0.25) is 4.79 Å². The highest BCUT2D eigenvalue weighted by molar-refractivity contribution is 9.11. The molecule has 1 aromatic carbocycles. The molecular formula is C13H9BrClNOS. The molecule has 0 spiro atoms. The fraction of sp³-hybridized carbons (Fsp3) is 0.231. The molecule has 0 saturated heterocycles. The number of nitrogens with zero attached hydrogens (tertiary/aromatic N) is 1. The van der Waals surface area contributed by atoms with Crippen LogP contribution in [0.5, 0.6) is 0 Å². The molecule has 2 nitrogen and oxygen atoms in total. The van der Waals surface area contributed by atoms with Crippen molar-refractivity contribution < 1.29 is 4.79 Å². The average molecular weight is 343 g/mol. The van der Waals surface area contributed by atoms with Gasteiger partial charge in [-0.1, -0.05) is 23.7 Å². The van der Waals surface area contributed by atoms with E-state index in [4.69, 9.17) is 11.6 Å². The summed E-state index contributed by atoms with van der Waals surface area (Å²) in [6.07, 6.45) is 1.35. The second-order valence-corrected chi connectivity index (χ2v) is 7.04. The summed E-state index contributed by atoms with van der Waals surface area (Å²) in [6.45, 7) is 0.